The summed E-state index contributed by atoms with van der Waals surface area (Å²) in [6.07, 6.45) is 6.23. The Morgan fingerprint density at radius 2 is 2.17 bits per heavy atom. The number of nitrogens with zero attached hydrogens (tertiary/aromatic N) is 4. The first-order valence-electron chi connectivity index (χ1n) is 8.06. The fraction of sp³-hybridized carbons (Fsp3) is 0.294. The van der Waals surface area contributed by atoms with Gasteiger partial charge in [0.05, 0.1) is 25.0 Å². The highest BCUT2D eigenvalue weighted by Crippen LogP contribution is 2.30. The largest absolute Gasteiger partial charge is 0.344 e. The van der Waals surface area contributed by atoms with Crippen LogP contribution in [0.4, 0.5) is 0 Å². The molecular formula is C17H18N6O. The van der Waals surface area contributed by atoms with Crippen LogP contribution in [0, 0.1) is 0 Å². The van der Waals surface area contributed by atoms with Crippen molar-refractivity contribution in [1.29, 1.82) is 0 Å². The highest BCUT2D eigenvalue weighted by Gasteiger charge is 2.26. The second-order valence-electron chi connectivity index (χ2n) is 5.96. The lowest BCUT2D eigenvalue weighted by Crippen LogP contribution is -2.31. The first-order chi connectivity index (χ1) is 11.8. The van der Waals surface area contributed by atoms with E-state index >= 15 is 0 Å². The lowest BCUT2D eigenvalue weighted by molar-refractivity contribution is 0.0927. The van der Waals surface area contributed by atoms with Gasteiger partial charge >= 0.3 is 0 Å². The number of carbonyl (C=O) groups is 1. The van der Waals surface area contributed by atoms with Crippen LogP contribution in [0.1, 0.15) is 46.2 Å². The number of carbonyl (C=O) groups excluding carboxylic acids is 1. The van der Waals surface area contributed by atoms with Gasteiger partial charge in [-0.3, -0.25) is 9.48 Å². The predicted octanol–water partition coefficient (Wildman–Crippen LogP) is 1.86. The molecule has 3 aromatic rings. The number of aromatic nitrogens is 5. The second kappa shape index (κ2) is 6.27. The van der Waals surface area contributed by atoms with Gasteiger partial charge in [0.25, 0.3) is 5.91 Å². The number of rotatable bonds is 4. The average molecular weight is 322 g/mol. The second-order valence-corrected chi connectivity index (χ2v) is 5.96. The molecule has 0 fully saturated rings. The molecule has 4 rings (SSSR count). The summed E-state index contributed by atoms with van der Waals surface area (Å²) in [7, 11) is 0. The van der Waals surface area contributed by atoms with Crippen LogP contribution in [-0.4, -0.2) is 31.1 Å². The fourth-order valence-corrected chi connectivity index (χ4v) is 3.20. The van der Waals surface area contributed by atoms with Crippen LogP contribution in [0.3, 0.4) is 0 Å². The predicted molar refractivity (Wildman–Crippen MR) is 87.3 cm³/mol. The summed E-state index contributed by atoms with van der Waals surface area (Å²) >= 11 is 0. The molecule has 0 spiro atoms. The molecule has 0 radical (unpaired) electrons. The Morgan fingerprint density at radius 3 is 2.96 bits per heavy atom. The Balaban J connectivity index is 1.54. The zero-order valence-electron chi connectivity index (χ0n) is 13.1. The number of aromatic amines is 1. The summed E-state index contributed by atoms with van der Waals surface area (Å²) in [5, 5.41) is 17.6. The maximum absolute atomic E-state index is 12.2. The number of hydrogen-bond donors (Lipinski definition) is 2. The lowest BCUT2D eigenvalue weighted by Gasteiger charge is -2.24. The molecule has 7 nitrogen and oxygen atoms in total. The molecule has 24 heavy (non-hydrogen) atoms. The van der Waals surface area contributed by atoms with E-state index in [1.165, 1.54) is 17.5 Å². The van der Waals surface area contributed by atoms with Gasteiger partial charge in [0.2, 0.25) is 0 Å². The minimum Gasteiger partial charge on any atom is -0.344 e. The van der Waals surface area contributed by atoms with Gasteiger partial charge in [-0.1, -0.05) is 30.3 Å². The zero-order chi connectivity index (χ0) is 16.4. The molecule has 2 N–H and O–H groups in total. The van der Waals surface area contributed by atoms with Crippen molar-refractivity contribution in [1.82, 2.24) is 30.5 Å². The van der Waals surface area contributed by atoms with Crippen molar-refractivity contribution in [3.63, 3.8) is 0 Å². The van der Waals surface area contributed by atoms with E-state index in [0.29, 0.717) is 5.69 Å². The van der Waals surface area contributed by atoms with Gasteiger partial charge in [0.15, 0.2) is 5.69 Å². The maximum atomic E-state index is 12.2. The summed E-state index contributed by atoms with van der Waals surface area (Å²) in [6.45, 7) is 0.750. The van der Waals surface area contributed by atoms with Gasteiger partial charge in [-0.25, -0.2) is 0 Å². The molecule has 1 aromatic carbocycles. The number of H-pyrrole nitrogens is 1. The quantitative estimate of drug-likeness (QED) is 0.767. The molecule has 1 amide bonds. The molecule has 7 heteroatoms. The zero-order valence-corrected chi connectivity index (χ0v) is 13.1. The monoisotopic (exact) mass is 322 g/mol. The van der Waals surface area contributed by atoms with Crippen molar-refractivity contribution in [3.8, 4) is 0 Å². The van der Waals surface area contributed by atoms with Crippen LogP contribution in [-0.2, 0) is 13.0 Å². The Hall–Kier alpha value is -2.96. The third-order valence-corrected chi connectivity index (χ3v) is 4.39. The molecule has 1 aliphatic carbocycles. The number of benzene rings is 1. The van der Waals surface area contributed by atoms with Gasteiger partial charge in [0.1, 0.15) is 0 Å². The third-order valence-electron chi connectivity index (χ3n) is 4.39. The average Bonchev–Trinajstić information content (AvgIpc) is 3.27. The standard InChI is InChI=1S/C17H18N6O/c24-17(15-10-18-22-21-15)20-14-7-4-8-16-13(14)9-19-23(16)11-12-5-2-1-3-6-12/h1-3,5-6,9-10,14H,4,7-8,11H2,(H,20,24)(H,18,21,22)/t14-/m0/s1. The van der Waals surface area contributed by atoms with Gasteiger partial charge in [-0.2, -0.15) is 20.5 Å². The van der Waals surface area contributed by atoms with Crippen LogP contribution >= 0.6 is 0 Å². The van der Waals surface area contributed by atoms with Gasteiger partial charge < -0.3 is 5.32 Å². The van der Waals surface area contributed by atoms with Crippen molar-refractivity contribution in [3.05, 3.63) is 65.2 Å². The van der Waals surface area contributed by atoms with E-state index in [9.17, 15) is 4.79 Å². The van der Waals surface area contributed by atoms with Gasteiger partial charge in [0, 0.05) is 11.3 Å². The van der Waals surface area contributed by atoms with E-state index in [2.05, 4.69) is 38.0 Å². The van der Waals surface area contributed by atoms with Crippen molar-refractivity contribution in [2.45, 2.75) is 31.8 Å². The highest BCUT2D eigenvalue weighted by molar-refractivity contribution is 5.92. The van der Waals surface area contributed by atoms with Gasteiger partial charge in [-0.05, 0) is 24.8 Å². The SMILES string of the molecule is O=C(N[C@H]1CCCc2c1cnn2Cc1ccccc1)c1cn[nH]n1. The Kier molecular flexibility index (Phi) is 3.82. The molecule has 0 aliphatic heterocycles. The minimum absolute atomic E-state index is 0.0255. The normalized spacial score (nSPS) is 16.6. The Labute approximate surface area is 139 Å². The number of amides is 1. The maximum Gasteiger partial charge on any atom is 0.273 e. The van der Waals surface area contributed by atoms with Crippen molar-refractivity contribution < 1.29 is 4.79 Å². The molecule has 0 unspecified atom stereocenters. The Bertz CT molecular complexity index is 824. The molecule has 0 saturated carbocycles. The lowest BCUT2D eigenvalue weighted by atomic mass is 9.93. The summed E-state index contributed by atoms with van der Waals surface area (Å²) in [5.41, 5.74) is 3.83. The molecule has 122 valence electrons. The molecule has 0 saturated heterocycles. The van der Waals surface area contributed by atoms with E-state index in [4.69, 9.17) is 0 Å². The van der Waals surface area contributed by atoms with Crippen LogP contribution < -0.4 is 5.32 Å². The topological polar surface area (TPSA) is 88.5 Å². The van der Waals surface area contributed by atoms with Crippen LogP contribution in [0.25, 0.3) is 0 Å². The highest BCUT2D eigenvalue weighted by atomic mass is 16.2. The molecule has 0 bridgehead atoms. The van der Waals surface area contributed by atoms with E-state index < -0.39 is 0 Å². The fourth-order valence-electron chi connectivity index (χ4n) is 3.20. The first-order valence-corrected chi connectivity index (χ1v) is 8.06. The molecule has 2 heterocycles. The van der Waals surface area contributed by atoms with E-state index in [0.717, 1.165) is 31.4 Å². The van der Waals surface area contributed by atoms with E-state index in [1.54, 1.807) is 0 Å². The van der Waals surface area contributed by atoms with Crippen LogP contribution in [0.2, 0.25) is 0 Å². The van der Waals surface area contributed by atoms with Crippen molar-refractivity contribution in [2.24, 2.45) is 0 Å². The van der Waals surface area contributed by atoms with E-state index in [-0.39, 0.29) is 11.9 Å². The van der Waals surface area contributed by atoms with Crippen molar-refractivity contribution >= 4 is 5.91 Å². The van der Waals surface area contributed by atoms with Crippen LogP contribution in [0.5, 0.6) is 0 Å². The summed E-state index contributed by atoms with van der Waals surface area (Å²) in [5.74, 6) is -0.211. The molecular weight excluding hydrogens is 304 g/mol. The molecule has 1 atom stereocenters. The third kappa shape index (κ3) is 2.80. The number of nitrogens with one attached hydrogen (secondary N) is 2. The van der Waals surface area contributed by atoms with Crippen molar-refractivity contribution in [2.75, 3.05) is 0 Å². The van der Waals surface area contributed by atoms with Crippen LogP contribution in [0.15, 0.2) is 42.7 Å². The molecule has 2 aromatic heterocycles. The smallest absolute Gasteiger partial charge is 0.273 e. The summed E-state index contributed by atoms with van der Waals surface area (Å²) < 4.78 is 2.04. The molecule has 1 aliphatic rings. The minimum atomic E-state index is -0.211. The first kappa shape index (κ1) is 14.6. The number of hydrogen-bond acceptors (Lipinski definition) is 4. The summed E-state index contributed by atoms with van der Waals surface area (Å²) in [4.78, 5) is 12.2. The van der Waals surface area contributed by atoms with E-state index in [1.807, 2.05) is 29.1 Å². The van der Waals surface area contributed by atoms with Gasteiger partial charge in [-0.15, -0.1) is 0 Å². The number of fused-ring (bicyclic) bond motifs is 1. The summed E-state index contributed by atoms with van der Waals surface area (Å²) in [6, 6.07) is 10.2. The Morgan fingerprint density at radius 1 is 1.29 bits per heavy atom.